The number of rotatable bonds is 9. The van der Waals surface area contributed by atoms with Gasteiger partial charge < -0.3 is 21.7 Å². The van der Waals surface area contributed by atoms with Gasteiger partial charge in [-0.2, -0.15) is 5.10 Å². The summed E-state index contributed by atoms with van der Waals surface area (Å²) in [5.41, 5.74) is 8.69. The van der Waals surface area contributed by atoms with Crippen LogP contribution in [0.4, 0.5) is 0 Å². The molecule has 0 saturated heterocycles. The molecule has 0 unspecified atom stereocenters. The highest BCUT2D eigenvalue weighted by Crippen LogP contribution is 2.05. The van der Waals surface area contributed by atoms with Crippen molar-refractivity contribution in [1.29, 1.82) is 0 Å². The summed E-state index contributed by atoms with van der Waals surface area (Å²) >= 11 is 0. The summed E-state index contributed by atoms with van der Waals surface area (Å²) in [4.78, 5) is 26.8. The van der Waals surface area contributed by atoms with E-state index < -0.39 is 5.91 Å². The van der Waals surface area contributed by atoms with Crippen molar-refractivity contribution in [3.63, 3.8) is 0 Å². The van der Waals surface area contributed by atoms with Crippen molar-refractivity contribution in [2.75, 3.05) is 20.1 Å². The van der Waals surface area contributed by atoms with Crippen molar-refractivity contribution >= 4 is 41.8 Å². The molecule has 2 aromatic rings. The van der Waals surface area contributed by atoms with Crippen LogP contribution in [0.15, 0.2) is 35.3 Å². The van der Waals surface area contributed by atoms with E-state index in [1.807, 2.05) is 23.7 Å². The number of halogens is 1. The van der Waals surface area contributed by atoms with Crippen LogP contribution < -0.4 is 21.7 Å². The van der Waals surface area contributed by atoms with Gasteiger partial charge in [0.25, 0.3) is 5.91 Å². The number of guanidine groups is 1. The molecule has 2 rings (SSSR count). The summed E-state index contributed by atoms with van der Waals surface area (Å²) < 4.78 is 2.01. The van der Waals surface area contributed by atoms with E-state index in [-0.39, 0.29) is 36.4 Å². The highest BCUT2D eigenvalue weighted by Gasteiger charge is 2.06. The Balaban J connectivity index is 0.00000450. The number of hydrogen-bond acceptors (Lipinski definition) is 4. The summed E-state index contributed by atoms with van der Waals surface area (Å²) in [7, 11) is 1.72. The zero-order valence-corrected chi connectivity index (χ0v) is 19.9. The van der Waals surface area contributed by atoms with E-state index in [1.54, 1.807) is 19.2 Å². The number of nitrogens with zero attached hydrogens (tertiary/aromatic N) is 3. The van der Waals surface area contributed by atoms with Crippen LogP contribution in [0.1, 0.15) is 33.7 Å². The Morgan fingerprint density at radius 2 is 1.83 bits per heavy atom. The minimum absolute atomic E-state index is 0. The zero-order valence-electron chi connectivity index (χ0n) is 17.6. The molecule has 0 spiro atoms. The molecule has 1 aromatic carbocycles. The van der Waals surface area contributed by atoms with Gasteiger partial charge in [0.05, 0.1) is 12.2 Å². The van der Waals surface area contributed by atoms with Crippen LogP contribution in [-0.2, 0) is 17.9 Å². The number of amides is 2. The number of nitrogens with one attached hydrogen (secondary N) is 3. The average Bonchev–Trinajstić information content (AvgIpc) is 3.03. The smallest absolute Gasteiger partial charge is 0.251 e. The molecule has 0 aliphatic heterocycles. The molecular weight excluding hydrogens is 497 g/mol. The van der Waals surface area contributed by atoms with Gasteiger partial charge in [0.2, 0.25) is 5.91 Å². The van der Waals surface area contributed by atoms with Crippen molar-refractivity contribution < 1.29 is 9.59 Å². The third kappa shape index (κ3) is 8.39. The number of aromatic nitrogens is 2. The minimum atomic E-state index is -0.576. The molecule has 9 nitrogen and oxygen atoms in total. The van der Waals surface area contributed by atoms with Gasteiger partial charge >= 0.3 is 0 Å². The third-order valence-corrected chi connectivity index (χ3v) is 4.27. The van der Waals surface area contributed by atoms with Gasteiger partial charge in [0, 0.05) is 37.9 Å². The molecule has 1 aromatic heterocycles. The molecular formula is C20H30IN7O2. The average molecular weight is 527 g/mol. The van der Waals surface area contributed by atoms with Crippen LogP contribution in [0.5, 0.6) is 0 Å². The van der Waals surface area contributed by atoms with E-state index in [0.717, 1.165) is 36.5 Å². The summed E-state index contributed by atoms with van der Waals surface area (Å²) in [5, 5.41) is 13.4. The van der Waals surface area contributed by atoms with Crippen molar-refractivity contribution in [3.8, 4) is 0 Å². The molecule has 0 saturated carbocycles. The lowest BCUT2D eigenvalue weighted by atomic mass is 10.1. The molecule has 0 aliphatic carbocycles. The monoisotopic (exact) mass is 527 g/mol. The van der Waals surface area contributed by atoms with Gasteiger partial charge in [-0.1, -0.05) is 12.1 Å². The summed E-state index contributed by atoms with van der Waals surface area (Å²) in [6.45, 7) is 6.07. The molecule has 30 heavy (non-hydrogen) atoms. The second-order valence-corrected chi connectivity index (χ2v) is 6.70. The van der Waals surface area contributed by atoms with Crippen molar-refractivity contribution in [1.82, 2.24) is 25.7 Å². The summed E-state index contributed by atoms with van der Waals surface area (Å²) in [6, 6.07) is 9.18. The number of primary amides is 1. The number of carbonyl (C=O) groups excluding carboxylic acids is 2. The Bertz CT molecular complexity index is 863. The van der Waals surface area contributed by atoms with Gasteiger partial charge in [-0.25, -0.2) is 0 Å². The largest absolute Gasteiger partial charge is 0.368 e. The quantitative estimate of drug-likeness (QED) is 0.168. The van der Waals surface area contributed by atoms with Crippen molar-refractivity contribution in [2.24, 2.45) is 10.7 Å². The minimum Gasteiger partial charge on any atom is -0.368 e. The highest BCUT2D eigenvalue weighted by atomic mass is 127. The van der Waals surface area contributed by atoms with Gasteiger partial charge in [-0.05, 0) is 44.0 Å². The van der Waals surface area contributed by atoms with Crippen LogP contribution in [0, 0.1) is 13.8 Å². The SMILES string of the molecule is CN=C(NCCCn1nc(C)cc1C)NCc1ccc(C(=O)NCC(N)=O)cc1.I. The third-order valence-electron chi connectivity index (χ3n) is 4.27. The molecule has 0 bridgehead atoms. The molecule has 5 N–H and O–H groups in total. The molecule has 0 atom stereocenters. The van der Waals surface area contributed by atoms with Crippen molar-refractivity contribution in [2.45, 2.75) is 33.4 Å². The lowest BCUT2D eigenvalue weighted by molar-refractivity contribution is -0.117. The number of benzene rings is 1. The van der Waals surface area contributed by atoms with Crippen LogP contribution in [0.2, 0.25) is 0 Å². The molecule has 10 heteroatoms. The molecule has 164 valence electrons. The Morgan fingerprint density at radius 1 is 1.13 bits per heavy atom. The first-order valence-corrected chi connectivity index (χ1v) is 9.50. The van der Waals surface area contributed by atoms with Crippen LogP contribution in [0.3, 0.4) is 0 Å². The maximum absolute atomic E-state index is 11.9. The van der Waals surface area contributed by atoms with Gasteiger partial charge in [0.1, 0.15) is 0 Å². The maximum Gasteiger partial charge on any atom is 0.251 e. The van der Waals surface area contributed by atoms with Gasteiger partial charge in [-0.3, -0.25) is 19.3 Å². The first-order chi connectivity index (χ1) is 13.9. The molecule has 2 amide bonds. The lowest BCUT2D eigenvalue weighted by Gasteiger charge is -2.12. The Kier molecular flexibility index (Phi) is 10.9. The predicted octanol–water partition coefficient (Wildman–Crippen LogP) is 1.09. The Hall–Kier alpha value is -2.63. The fourth-order valence-corrected chi connectivity index (χ4v) is 2.79. The number of nitrogens with two attached hydrogens (primary N) is 1. The van der Waals surface area contributed by atoms with Crippen LogP contribution >= 0.6 is 24.0 Å². The zero-order chi connectivity index (χ0) is 21.2. The standard InChI is InChI=1S/C20H29N7O2.HI/c1-14-11-15(2)27(26-14)10-4-9-23-20(22-3)25-12-16-5-7-17(8-6-16)19(29)24-13-18(21)28;/h5-8,11H,4,9-10,12-13H2,1-3H3,(H2,21,28)(H,24,29)(H2,22,23,25);1H. The first-order valence-electron chi connectivity index (χ1n) is 9.50. The summed E-state index contributed by atoms with van der Waals surface area (Å²) in [6.07, 6.45) is 0.928. The number of aliphatic imine (C=N–C) groups is 1. The second-order valence-electron chi connectivity index (χ2n) is 6.70. The van der Waals surface area contributed by atoms with E-state index >= 15 is 0 Å². The molecule has 0 radical (unpaired) electrons. The van der Waals surface area contributed by atoms with E-state index in [1.165, 1.54) is 0 Å². The Labute approximate surface area is 193 Å². The van der Waals surface area contributed by atoms with E-state index in [0.29, 0.717) is 18.1 Å². The fourth-order valence-electron chi connectivity index (χ4n) is 2.79. The summed E-state index contributed by atoms with van der Waals surface area (Å²) in [5.74, 6) is -0.196. The van der Waals surface area contributed by atoms with Gasteiger partial charge in [-0.15, -0.1) is 24.0 Å². The molecule has 0 fully saturated rings. The van der Waals surface area contributed by atoms with E-state index in [9.17, 15) is 9.59 Å². The number of aryl methyl sites for hydroxylation is 3. The van der Waals surface area contributed by atoms with Crippen molar-refractivity contribution in [3.05, 3.63) is 52.8 Å². The van der Waals surface area contributed by atoms with Crippen LogP contribution in [0.25, 0.3) is 0 Å². The maximum atomic E-state index is 11.9. The second kappa shape index (κ2) is 12.8. The number of carbonyl (C=O) groups is 2. The predicted molar refractivity (Wildman–Crippen MR) is 128 cm³/mol. The molecule has 1 heterocycles. The number of hydrogen-bond donors (Lipinski definition) is 4. The van der Waals surface area contributed by atoms with E-state index in [2.05, 4.69) is 39.0 Å². The fraction of sp³-hybridized carbons (Fsp3) is 0.400. The van der Waals surface area contributed by atoms with E-state index in [4.69, 9.17) is 5.73 Å². The lowest BCUT2D eigenvalue weighted by Crippen LogP contribution is -2.37. The Morgan fingerprint density at radius 3 is 2.40 bits per heavy atom. The first kappa shape index (κ1) is 25.4. The van der Waals surface area contributed by atoms with Gasteiger partial charge in [0.15, 0.2) is 5.96 Å². The van der Waals surface area contributed by atoms with Crippen LogP contribution in [-0.4, -0.2) is 47.7 Å². The highest BCUT2D eigenvalue weighted by molar-refractivity contribution is 14.0. The normalized spacial score (nSPS) is 10.8. The topological polar surface area (TPSA) is 126 Å². The molecule has 0 aliphatic rings.